The average molecular weight is 298 g/mol. The summed E-state index contributed by atoms with van der Waals surface area (Å²) in [6.07, 6.45) is 6.96. The van der Waals surface area contributed by atoms with Crippen LogP contribution in [-0.2, 0) is 6.54 Å². The van der Waals surface area contributed by atoms with E-state index >= 15 is 0 Å². The van der Waals surface area contributed by atoms with Crippen LogP contribution in [0.25, 0.3) is 0 Å². The summed E-state index contributed by atoms with van der Waals surface area (Å²) in [5.41, 5.74) is -0.0989. The molecule has 1 aromatic carbocycles. The molecule has 0 heterocycles. The first kappa shape index (κ1) is 15.3. The summed E-state index contributed by atoms with van der Waals surface area (Å²) in [6, 6.07) is 4.31. The molecule has 1 N–H and O–H groups in total. The molecule has 0 spiro atoms. The van der Waals surface area contributed by atoms with Crippen LogP contribution >= 0.6 is 11.8 Å². The molecule has 110 valence electrons. The van der Waals surface area contributed by atoms with Gasteiger partial charge < -0.3 is 5.32 Å². The van der Waals surface area contributed by atoms with Gasteiger partial charge in [-0.15, -0.1) is 0 Å². The molecule has 4 nitrogen and oxygen atoms in total. The number of nitro groups is 1. The Morgan fingerprint density at radius 3 is 2.75 bits per heavy atom. The Hall–Kier alpha value is -1.14. The van der Waals surface area contributed by atoms with Gasteiger partial charge in [0, 0.05) is 29.5 Å². The molecule has 0 atom stereocenters. The van der Waals surface area contributed by atoms with Crippen molar-refractivity contribution in [2.75, 3.05) is 12.8 Å². The minimum Gasteiger partial charge on any atom is -0.311 e. The second kappa shape index (κ2) is 6.54. The number of hydrogen-bond acceptors (Lipinski definition) is 4. The van der Waals surface area contributed by atoms with E-state index < -0.39 is 16.4 Å². The second-order valence-corrected chi connectivity index (χ2v) is 6.48. The van der Waals surface area contributed by atoms with Crippen molar-refractivity contribution < 1.29 is 9.31 Å². The van der Waals surface area contributed by atoms with E-state index in [-0.39, 0.29) is 4.75 Å². The van der Waals surface area contributed by atoms with Gasteiger partial charge >= 0.3 is 5.69 Å². The van der Waals surface area contributed by atoms with Crippen LogP contribution in [0.5, 0.6) is 0 Å². The molecule has 1 aliphatic rings. The van der Waals surface area contributed by atoms with Crippen LogP contribution in [0.3, 0.4) is 0 Å². The monoisotopic (exact) mass is 298 g/mol. The van der Waals surface area contributed by atoms with Gasteiger partial charge in [-0.1, -0.05) is 25.0 Å². The SMILES string of the molecule is CSC1(CNCc2cccc([N+](=O)[O-])c2F)CCCC1. The van der Waals surface area contributed by atoms with Gasteiger partial charge in [-0.2, -0.15) is 16.2 Å². The number of thioether (sulfide) groups is 1. The summed E-state index contributed by atoms with van der Waals surface area (Å²) in [6.45, 7) is 1.14. The molecule has 1 aromatic rings. The van der Waals surface area contributed by atoms with Crippen molar-refractivity contribution in [1.29, 1.82) is 0 Å². The lowest BCUT2D eigenvalue weighted by Gasteiger charge is -2.27. The fourth-order valence-corrected chi connectivity index (χ4v) is 3.68. The first-order valence-electron chi connectivity index (χ1n) is 6.76. The highest BCUT2D eigenvalue weighted by Crippen LogP contribution is 2.39. The van der Waals surface area contributed by atoms with Crippen LogP contribution < -0.4 is 5.32 Å². The standard InChI is InChI=1S/C14H19FN2O2S/c1-20-14(7-2-3-8-14)10-16-9-11-5-4-6-12(13(11)15)17(18)19/h4-6,16H,2-3,7-10H2,1H3. The lowest BCUT2D eigenvalue weighted by Crippen LogP contribution is -2.34. The highest BCUT2D eigenvalue weighted by molar-refractivity contribution is 8.00. The Kier molecular flexibility index (Phi) is 4.99. The van der Waals surface area contributed by atoms with Gasteiger partial charge in [0.05, 0.1) is 4.92 Å². The summed E-state index contributed by atoms with van der Waals surface area (Å²) in [5.74, 6) is -0.727. The molecule has 0 aromatic heterocycles. The van der Waals surface area contributed by atoms with E-state index in [1.54, 1.807) is 6.07 Å². The molecule has 0 aliphatic heterocycles. The van der Waals surface area contributed by atoms with E-state index in [1.807, 2.05) is 11.8 Å². The third kappa shape index (κ3) is 3.30. The number of rotatable bonds is 6. The number of hydrogen-bond donors (Lipinski definition) is 1. The van der Waals surface area contributed by atoms with Crippen molar-refractivity contribution in [1.82, 2.24) is 5.32 Å². The molecule has 0 saturated heterocycles. The van der Waals surface area contributed by atoms with Gasteiger partial charge in [0.25, 0.3) is 0 Å². The predicted molar refractivity (Wildman–Crippen MR) is 79.5 cm³/mol. The summed E-state index contributed by atoms with van der Waals surface area (Å²) >= 11 is 1.86. The zero-order chi connectivity index (χ0) is 14.6. The van der Waals surface area contributed by atoms with Crippen molar-refractivity contribution in [2.24, 2.45) is 0 Å². The summed E-state index contributed by atoms with van der Waals surface area (Å²) in [7, 11) is 0. The first-order chi connectivity index (χ1) is 9.58. The van der Waals surface area contributed by atoms with Crippen LogP contribution in [0.15, 0.2) is 18.2 Å². The minimum absolute atomic E-state index is 0.247. The van der Waals surface area contributed by atoms with E-state index in [2.05, 4.69) is 11.6 Å². The number of benzene rings is 1. The normalized spacial score (nSPS) is 17.3. The summed E-state index contributed by atoms with van der Waals surface area (Å²) in [5, 5.41) is 14.0. The van der Waals surface area contributed by atoms with Crippen LogP contribution in [0.2, 0.25) is 0 Å². The Morgan fingerprint density at radius 1 is 1.45 bits per heavy atom. The maximum atomic E-state index is 13.9. The zero-order valence-electron chi connectivity index (χ0n) is 11.5. The molecular weight excluding hydrogens is 279 g/mol. The molecule has 0 bridgehead atoms. The molecule has 0 unspecified atom stereocenters. The Labute approximate surface area is 122 Å². The summed E-state index contributed by atoms with van der Waals surface area (Å²) < 4.78 is 14.2. The van der Waals surface area contributed by atoms with Crippen LogP contribution in [-0.4, -0.2) is 22.5 Å². The third-order valence-corrected chi connectivity index (χ3v) is 5.38. The molecule has 20 heavy (non-hydrogen) atoms. The predicted octanol–water partition coefficient (Wildman–Crippen LogP) is 3.50. The molecule has 1 saturated carbocycles. The van der Waals surface area contributed by atoms with E-state index in [1.165, 1.54) is 37.8 Å². The van der Waals surface area contributed by atoms with Gasteiger partial charge in [-0.3, -0.25) is 10.1 Å². The highest BCUT2D eigenvalue weighted by atomic mass is 32.2. The van der Waals surface area contributed by atoms with E-state index in [0.717, 1.165) is 6.54 Å². The Bertz CT molecular complexity index is 490. The number of nitrogens with zero attached hydrogens (tertiary/aromatic N) is 1. The summed E-state index contributed by atoms with van der Waals surface area (Å²) in [4.78, 5) is 10.0. The molecular formula is C14H19FN2O2S. The van der Waals surface area contributed by atoms with Crippen molar-refractivity contribution in [3.8, 4) is 0 Å². The Balaban J connectivity index is 1.97. The maximum absolute atomic E-state index is 13.9. The van der Waals surface area contributed by atoms with Gasteiger partial charge in [-0.25, -0.2) is 0 Å². The molecule has 0 amide bonds. The fourth-order valence-electron chi connectivity index (χ4n) is 2.74. The van der Waals surface area contributed by atoms with Crippen molar-refractivity contribution in [2.45, 2.75) is 37.0 Å². The minimum atomic E-state index is -0.727. The number of nitrogens with one attached hydrogen (secondary N) is 1. The van der Waals surface area contributed by atoms with E-state index in [0.29, 0.717) is 12.1 Å². The van der Waals surface area contributed by atoms with E-state index in [4.69, 9.17) is 0 Å². The lowest BCUT2D eigenvalue weighted by molar-refractivity contribution is -0.387. The van der Waals surface area contributed by atoms with Crippen LogP contribution in [0.1, 0.15) is 31.2 Å². The van der Waals surface area contributed by atoms with Crippen molar-refractivity contribution >= 4 is 17.4 Å². The largest absolute Gasteiger partial charge is 0.311 e. The average Bonchev–Trinajstić information content (AvgIpc) is 2.90. The smallest absolute Gasteiger partial charge is 0.305 e. The van der Waals surface area contributed by atoms with Gasteiger partial charge in [0.15, 0.2) is 0 Å². The third-order valence-electron chi connectivity index (χ3n) is 3.97. The van der Waals surface area contributed by atoms with Gasteiger partial charge in [0.1, 0.15) is 0 Å². The quantitative estimate of drug-likeness (QED) is 0.645. The molecule has 2 rings (SSSR count). The highest BCUT2D eigenvalue weighted by Gasteiger charge is 2.32. The molecule has 6 heteroatoms. The second-order valence-electron chi connectivity index (χ2n) is 5.21. The van der Waals surface area contributed by atoms with Crippen molar-refractivity contribution in [3.05, 3.63) is 39.7 Å². The lowest BCUT2D eigenvalue weighted by atomic mass is 10.1. The van der Waals surface area contributed by atoms with Crippen LogP contribution in [0.4, 0.5) is 10.1 Å². The zero-order valence-corrected chi connectivity index (χ0v) is 12.3. The topological polar surface area (TPSA) is 55.2 Å². The molecule has 0 radical (unpaired) electrons. The van der Waals surface area contributed by atoms with Gasteiger partial charge in [-0.05, 0) is 19.1 Å². The molecule has 1 aliphatic carbocycles. The van der Waals surface area contributed by atoms with Crippen molar-refractivity contribution in [3.63, 3.8) is 0 Å². The fraction of sp³-hybridized carbons (Fsp3) is 0.571. The first-order valence-corrected chi connectivity index (χ1v) is 7.98. The number of nitro benzene ring substituents is 1. The maximum Gasteiger partial charge on any atom is 0.305 e. The van der Waals surface area contributed by atoms with Crippen LogP contribution in [0, 0.1) is 15.9 Å². The Morgan fingerprint density at radius 2 is 2.15 bits per heavy atom. The number of halogens is 1. The van der Waals surface area contributed by atoms with E-state index in [9.17, 15) is 14.5 Å². The molecule has 1 fully saturated rings. The van der Waals surface area contributed by atoms with Gasteiger partial charge in [0.2, 0.25) is 5.82 Å².